The molecule has 1 saturated heterocycles. The summed E-state index contributed by atoms with van der Waals surface area (Å²) in [6.45, 7) is 4.70. The number of esters is 1. The van der Waals surface area contributed by atoms with Crippen molar-refractivity contribution in [2.75, 3.05) is 19.7 Å². The van der Waals surface area contributed by atoms with E-state index in [-0.39, 0.29) is 31.1 Å². The summed E-state index contributed by atoms with van der Waals surface area (Å²) in [5, 5.41) is 0. The van der Waals surface area contributed by atoms with Gasteiger partial charge in [-0.15, -0.1) is 0 Å². The van der Waals surface area contributed by atoms with Gasteiger partial charge in [0.25, 0.3) is 5.91 Å². The number of nitrogens with zero attached hydrogens (tertiary/aromatic N) is 1. The molecule has 0 saturated carbocycles. The molecule has 1 heterocycles. The van der Waals surface area contributed by atoms with Gasteiger partial charge < -0.3 is 14.4 Å². The third-order valence-electron chi connectivity index (χ3n) is 4.54. The van der Waals surface area contributed by atoms with Gasteiger partial charge in [-0.2, -0.15) is 0 Å². The zero-order valence-corrected chi connectivity index (χ0v) is 15.8. The number of carbonyl (C=O) groups excluding carboxylic acids is 2. The third-order valence-corrected chi connectivity index (χ3v) is 4.54. The monoisotopic (exact) mass is 367 g/mol. The van der Waals surface area contributed by atoms with Gasteiger partial charge in [-0.25, -0.2) is 0 Å². The molecule has 0 aromatic heterocycles. The summed E-state index contributed by atoms with van der Waals surface area (Å²) < 4.78 is 10.8. The summed E-state index contributed by atoms with van der Waals surface area (Å²) in [4.78, 5) is 26.0. The Morgan fingerprint density at radius 3 is 2.19 bits per heavy atom. The Balaban J connectivity index is 1.48. The fourth-order valence-electron chi connectivity index (χ4n) is 3.28. The highest BCUT2D eigenvalue weighted by Crippen LogP contribution is 2.19. The van der Waals surface area contributed by atoms with Crippen LogP contribution in [0.3, 0.4) is 0 Å². The van der Waals surface area contributed by atoms with E-state index >= 15 is 0 Å². The molecular formula is C22H25NO4. The Bertz CT molecular complexity index is 763. The van der Waals surface area contributed by atoms with E-state index in [1.807, 2.05) is 68.4 Å². The first-order valence-electron chi connectivity index (χ1n) is 9.24. The van der Waals surface area contributed by atoms with Gasteiger partial charge in [0.15, 0.2) is 6.61 Å². The largest absolute Gasteiger partial charge is 0.455 e. The van der Waals surface area contributed by atoms with Crippen LogP contribution >= 0.6 is 0 Å². The minimum Gasteiger partial charge on any atom is -0.455 e. The summed E-state index contributed by atoms with van der Waals surface area (Å²) in [6, 6.07) is 17.9. The molecule has 1 amide bonds. The van der Waals surface area contributed by atoms with E-state index in [0.29, 0.717) is 13.1 Å². The minimum atomic E-state index is -0.398. The topological polar surface area (TPSA) is 55.8 Å². The Labute approximate surface area is 159 Å². The molecule has 0 unspecified atom stereocenters. The molecule has 2 aromatic rings. The number of hydrogen-bond donors (Lipinski definition) is 0. The number of carbonyl (C=O) groups is 2. The Morgan fingerprint density at radius 2 is 1.56 bits per heavy atom. The van der Waals surface area contributed by atoms with Gasteiger partial charge in [-0.3, -0.25) is 9.59 Å². The highest BCUT2D eigenvalue weighted by molar-refractivity contribution is 5.81. The molecule has 0 aliphatic carbocycles. The van der Waals surface area contributed by atoms with Crippen LogP contribution in [0, 0.1) is 0 Å². The van der Waals surface area contributed by atoms with E-state index < -0.39 is 5.97 Å². The van der Waals surface area contributed by atoms with Crippen LogP contribution in [0.4, 0.5) is 0 Å². The Kier molecular flexibility index (Phi) is 6.24. The molecule has 1 fully saturated rings. The second kappa shape index (κ2) is 8.82. The van der Waals surface area contributed by atoms with Crippen LogP contribution < -0.4 is 0 Å². The quantitative estimate of drug-likeness (QED) is 0.762. The number of morpholine rings is 1. The van der Waals surface area contributed by atoms with Gasteiger partial charge in [0, 0.05) is 13.1 Å². The van der Waals surface area contributed by atoms with Crippen LogP contribution in [0.1, 0.15) is 19.4 Å². The molecule has 0 N–H and O–H groups in total. The SMILES string of the molecule is C[C@H]1CN(C(=O)COC(=O)Cc2ccc(-c3ccccc3)cc2)C[C@H](C)O1. The number of amides is 1. The maximum Gasteiger partial charge on any atom is 0.310 e. The first-order valence-corrected chi connectivity index (χ1v) is 9.24. The third kappa shape index (κ3) is 5.41. The second-order valence-electron chi connectivity index (χ2n) is 6.96. The number of rotatable bonds is 5. The second-order valence-corrected chi connectivity index (χ2v) is 6.96. The molecule has 5 heteroatoms. The van der Waals surface area contributed by atoms with Crippen LogP contribution in [0.5, 0.6) is 0 Å². The molecule has 0 radical (unpaired) electrons. The van der Waals surface area contributed by atoms with Gasteiger partial charge in [0.05, 0.1) is 18.6 Å². The summed E-state index contributed by atoms with van der Waals surface area (Å²) in [5.41, 5.74) is 3.09. The highest BCUT2D eigenvalue weighted by Gasteiger charge is 2.26. The van der Waals surface area contributed by atoms with Gasteiger partial charge in [-0.1, -0.05) is 54.6 Å². The van der Waals surface area contributed by atoms with Crippen LogP contribution in [0.15, 0.2) is 54.6 Å². The molecule has 2 aromatic carbocycles. The first kappa shape index (κ1) is 19.1. The van der Waals surface area contributed by atoms with Crippen LogP contribution in [0.25, 0.3) is 11.1 Å². The smallest absolute Gasteiger partial charge is 0.310 e. The molecule has 27 heavy (non-hydrogen) atoms. The maximum absolute atomic E-state index is 12.2. The minimum absolute atomic E-state index is 0.00321. The van der Waals surface area contributed by atoms with Crippen molar-refractivity contribution in [2.24, 2.45) is 0 Å². The molecule has 1 aliphatic heterocycles. The highest BCUT2D eigenvalue weighted by atomic mass is 16.5. The van der Waals surface area contributed by atoms with Gasteiger partial charge in [0.1, 0.15) is 0 Å². The lowest BCUT2D eigenvalue weighted by Crippen LogP contribution is -2.49. The van der Waals surface area contributed by atoms with E-state index in [4.69, 9.17) is 9.47 Å². The van der Waals surface area contributed by atoms with Crippen molar-refractivity contribution in [3.63, 3.8) is 0 Å². The van der Waals surface area contributed by atoms with Crippen LogP contribution in [-0.2, 0) is 25.5 Å². The van der Waals surface area contributed by atoms with Gasteiger partial charge in [-0.05, 0) is 30.5 Å². The van der Waals surface area contributed by atoms with Gasteiger partial charge >= 0.3 is 5.97 Å². The van der Waals surface area contributed by atoms with Crippen LogP contribution in [0.2, 0.25) is 0 Å². The molecule has 142 valence electrons. The molecule has 5 nitrogen and oxygen atoms in total. The van der Waals surface area contributed by atoms with E-state index in [1.165, 1.54) is 0 Å². The zero-order chi connectivity index (χ0) is 19.2. The lowest BCUT2D eigenvalue weighted by Gasteiger charge is -2.35. The molecule has 0 spiro atoms. The normalized spacial score (nSPS) is 19.6. The van der Waals surface area contributed by atoms with E-state index in [1.54, 1.807) is 4.90 Å². The predicted molar refractivity (Wildman–Crippen MR) is 103 cm³/mol. The van der Waals surface area contributed by atoms with Gasteiger partial charge in [0.2, 0.25) is 0 Å². The first-order chi connectivity index (χ1) is 13.0. The molecule has 3 rings (SSSR count). The zero-order valence-electron chi connectivity index (χ0n) is 15.8. The van der Waals surface area contributed by atoms with Crippen molar-refractivity contribution in [2.45, 2.75) is 32.5 Å². The van der Waals surface area contributed by atoms with Crippen molar-refractivity contribution >= 4 is 11.9 Å². The molecular weight excluding hydrogens is 342 g/mol. The number of benzene rings is 2. The fraction of sp³-hybridized carbons (Fsp3) is 0.364. The number of ether oxygens (including phenoxy) is 2. The lowest BCUT2D eigenvalue weighted by atomic mass is 10.0. The van der Waals surface area contributed by atoms with Crippen molar-refractivity contribution in [1.29, 1.82) is 0 Å². The molecule has 2 atom stereocenters. The Morgan fingerprint density at radius 1 is 0.963 bits per heavy atom. The fourth-order valence-corrected chi connectivity index (χ4v) is 3.28. The van der Waals surface area contributed by atoms with Crippen LogP contribution in [-0.4, -0.2) is 48.7 Å². The van der Waals surface area contributed by atoms with E-state index in [9.17, 15) is 9.59 Å². The Hall–Kier alpha value is -2.66. The summed E-state index contributed by atoms with van der Waals surface area (Å²) in [6.07, 6.45) is 0.145. The lowest BCUT2D eigenvalue weighted by molar-refractivity contribution is -0.156. The molecule has 1 aliphatic rings. The predicted octanol–water partition coefficient (Wildman–Crippen LogP) is 3.08. The van der Waals surface area contributed by atoms with Crippen molar-refractivity contribution in [3.8, 4) is 11.1 Å². The van der Waals surface area contributed by atoms with Crippen molar-refractivity contribution in [1.82, 2.24) is 4.90 Å². The summed E-state index contributed by atoms with van der Waals surface area (Å²) in [7, 11) is 0. The van der Waals surface area contributed by atoms with E-state index in [2.05, 4.69) is 0 Å². The number of hydrogen-bond acceptors (Lipinski definition) is 4. The van der Waals surface area contributed by atoms with Crippen molar-refractivity contribution < 1.29 is 19.1 Å². The average Bonchev–Trinajstić information content (AvgIpc) is 2.66. The maximum atomic E-state index is 12.2. The standard InChI is InChI=1S/C22H25NO4/c1-16-13-23(14-17(2)27-16)21(24)15-26-22(25)12-18-8-10-20(11-9-18)19-6-4-3-5-7-19/h3-11,16-17H,12-15H2,1-2H3/t16-,17-/m0/s1. The summed E-state index contributed by atoms with van der Waals surface area (Å²) in [5.74, 6) is -0.574. The van der Waals surface area contributed by atoms with E-state index in [0.717, 1.165) is 16.7 Å². The molecule has 0 bridgehead atoms. The summed E-state index contributed by atoms with van der Waals surface area (Å²) >= 11 is 0. The van der Waals surface area contributed by atoms with Crippen molar-refractivity contribution in [3.05, 3.63) is 60.2 Å². The average molecular weight is 367 g/mol.